The van der Waals surface area contributed by atoms with Gasteiger partial charge in [0.05, 0.1) is 10.4 Å². The monoisotopic (exact) mass is 785 g/mol. The van der Waals surface area contributed by atoms with Gasteiger partial charge in [-0.25, -0.2) is 0 Å². The molecule has 12 rings (SSSR count). The number of hydrogen-bond acceptors (Lipinski definition) is 3. The first-order valence-corrected chi connectivity index (χ1v) is 21.7. The maximum absolute atomic E-state index is 2.49. The van der Waals surface area contributed by atoms with Crippen molar-refractivity contribution in [2.45, 2.75) is 0 Å². The predicted octanol–water partition coefficient (Wildman–Crippen LogP) is 17.2. The second-order valence-electron chi connectivity index (χ2n) is 15.2. The first kappa shape index (κ1) is 34.0. The molecule has 1 nitrogen and oxygen atoms in total. The molecule has 0 aliphatic carbocycles. The van der Waals surface area contributed by atoms with E-state index in [1.165, 1.54) is 101 Å². The van der Waals surface area contributed by atoms with E-state index in [0.29, 0.717) is 0 Å². The van der Waals surface area contributed by atoms with Crippen molar-refractivity contribution >= 4 is 102 Å². The Morgan fingerprint density at radius 3 is 1.63 bits per heavy atom. The first-order valence-electron chi connectivity index (χ1n) is 20.1. The lowest BCUT2D eigenvalue weighted by molar-refractivity contribution is 1.30. The number of hydrogen-bond donors (Lipinski definition) is 0. The average Bonchev–Trinajstić information content (AvgIpc) is 3.89. The van der Waals surface area contributed by atoms with Gasteiger partial charge < -0.3 is 4.90 Å². The van der Waals surface area contributed by atoms with E-state index in [9.17, 15) is 0 Å². The van der Waals surface area contributed by atoms with E-state index in [1.54, 1.807) is 0 Å². The predicted molar refractivity (Wildman–Crippen MR) is 258 cm³/mol. The molecular formula is C56H35NS2. The fourth-order valence-electron chi connectivity index (χ4n) is 9.09. The lowest BCUT2D eigenvalue weighted by Crippen LogP contribution is -2.10. The van der Waals surface area contributed by atoms with Crippen LogP contribution in [0.3, 0.4) is 0 Å². The highest BCUT2D eigenvalue weighted by Crippen LogP contribution is 2.48. The van der Waals surface area contributed by atoms with Crippen LogP contribution in [-0.2, 0) is 0 Å². The minimum Gasteiger partial charge on any atom is -0.309 e. The van der Waals surface area contributed by atoms with Crippen LogP contribution in [0.4, 0.5) is 17.1 Å². The molecule has 12 aromatic rings. The molecule has 3 heteroatoms. The van der Waals surface area contributed by atoms with E-state index >= 15 is 0 Å². The largest absolute Gasteiger partial charge is 0.309 e. The molecule has 0 atom stereocenters. The van der Waals surface area contributed by atoms with Crippen molar-refractivity contribution < 1.29 is 0 Å². The molecule has 0 amide bonds. The van der Waals surface area contributed by atoms with Crippen LogP contribution in [0, 0.1) is 0 Å². The number of thiophene rings is 2. The Morgan fingerprint density at radius 2 is 0.864 bits per heavy atom. The van der Waals surface area contributed by atoms with Gasteiger partial charge in [0.2, 0.25) is 0 Å². The average molecular weight is 786 g/mol. The van der Waals surface area contributed by atoms with Crippen LogP contribution in [0.25, 0.3) is 95.3 Å². The molecule has 0 saturated carbocycles. The maximum atomic E-state index is 2.49. The van der Waals surface area contributed by atoms with E-state index < -0.39 is 0 Å². The summed E-state index contributed by atoms with van der Waals surface area (Å²) >= 11 is 3.76. The van der Waals surface area contributed by atoms with Gasteiger partial charge in [0.25, 0.3) is 0 Å². The summed E-state index contributed by atoms with van der Waals surface area (Å²) in [5.74, 6) is 0. The molecule has 0 unspecified atom stereocenters. The second-order valence-corrected chi connectivity index (χ2v) is 17.3. The summed E-state index contributed by atoms with van der Waals surface area (Å²) < 4.78 is 5.20. The number of benzene rings is 10. The summed E-state index contributed by atoms with van der Waals surface area (Å²) in [6.45, 7) is 0. The van der Waals surface area contributed by atoms with Crippen molar-refractivity contribution in [1.29, 1.82) is 0 Å². The van der Waals surface area contributed by atoms with Crippen LogP contribution in [0.1, 0.15) is 0 Å². The second kappa shape index (κ2) is 13.8. The van der Waals surface area contributed by atoms with Crippen molar-refractivity contribution in [2.75, 3.05) is 4.90 Å². The molecule has 0 spiro atoms. The maximum Gasteiger partial charge on any atom is 0.0640 e. The van der Waals surface area contributed by atoms with Crippen LogP contribution in [0.2, 0.25) is 0 Å². The van der Waals surface area contributed by atoms with Crippen molar-refractivity contribution in [1.82, 2.24) is 0 Å². The van der Waals surface area contributed by atoms with Crippen LogP contribution in [-0.4, -0.2) is 0 Å². The molecule has 10 aromatic carbocycles. The Bertz CT molecular complexity index is 3560. The zero-order valence-corrected chi connectivity index (χ0v) is 33.6. The van der Waals surface area contributed by atoms with Crippen molar-refractivity contribution in [3.63, 3.8) is 0 Å². The quantitative estimate of drug-likeness (QED) is 0.152. The summed E-state index contributed by atoms with van der Waals surface area (Å²) in [7, 11) is 0. The molecule has 0 fully saturated rings. The zero-order valence-electron chi connectivity index (χ0n) is 32.0. The fraction of sp³-hybridized carbons (Fsp3) is 0. The molecule has 2 aromatic heterocycles. The molecule has 0 N–H and O–H groups in total. The number of rotatable bonds is 6. The van der Waals surface area contributed by atoms with Crippen LogP contribution in [0.15, 0.2) is 212 Å². The summed E-state index contributed by atoms with van der Waals surface area (Å²) in [4.78, 5) is 2.49. The molecule has 0 aliphatic rings. The zero-order chi connectivity index (χ0) is 38.9. The normalized spacial score (nSPS) is 11.7. The number of anilines is 3. The van der Waals surface area contributed by atoms with Gasteiger partial charge in [0.15, 0.2) is 0 Å². The van der Waals surface area contributed by atoms with Crippen LogP contribution < -0.4 is 4.90 Å². The summed E-state index contributed by atoms with van der Waals surface area (Å²) in [6.07, 6.45) is 0. The molecule has 0 saturated heterocycles. The Labute approximate surface area is 350 Å². The van der Waals surface area contributed by atoms with E-state index in [1.807, 2.05) is 22.7 Å². The van der Waals surface area contributed by atoms with Gasteiger partial charge in [-0.3, -0.25) is 0 Å². The van der Waals surface area contributed by atoms with Gasteiger partial charge in [0.1, 0.15) is 0 Å². The van der Waals surface area contributed by atoms with Gasteiger partial charge >= 0.3 is 0 Å². The van der Waals surface area contributed by atoms with Gasteiger partial charge in [-0.05, 0) is 110 Å². The third-order valence-corrected chi connectivity index (χ3v) is 14.3. The summed E-state index contributed by atoms with van der Waals surface area (Å²) in [5.41, 5.74) is 10.7. The van der Waals surface area contributed by atoms with Crippen molar-refractivity contribution in [3.05, 3.63) is 212 Å². The summed E-state index contributed by atoms with van der Waals surface area (Å²) in [5, 5.41) is 10.3. The molecule has 2 heterocycles. The minimum atomic E-state index is 1.11. The van der Waals surface area contributed by atoms with E-state index in [-0.39, 0.29) is 0 Å². The number of fused-ring (bicyclic) bond motifs is 9. The van der Waals surface area contributed by atoms with Crippen molar-refractivity contribution in [2.24, 2.45) is 0 Å². The van der Waals surface area contributed by atoms with Gasteiger partial charge in [-0.15, -0.1) is 22.7 Å². The Hall–Kier alpha value is -7.04. The van der Waals surface area contributed by atoms with E-state index in [2.05, 4.69) is 217 Å². The van der Waals surface area contributed by atoms with Crippen LogP contribution >= 0.6 is 22.7 Å². The Kier molecular flexibility index (Phi) is 7.97. The Balaban J connectivity index is 1.10. The first-order chi connectivity index (χ1) is 29.2. The standard InChI is InChI=1S/C56H35NS2/c1-2-14-36(15-3-1)39-32-40(44-22-12-23-49-47-20-8-10-26-53(47)58-55(44)49)34-42(33-39)57(52-25-13-24-50-48-21-9-11-27-54(48)59-56(50)52)41-30-28-37(29-31-41)51-35-38-16-4-5-17-43(38)45-18-6-7-19-46(45)51/h1-35H. The fourth-order valence-corrected chi connectivity index (χ4v) is 11.5. The Morgan fingerprint density at radius 1 is 0.288 bits per heavy atom. The highest BCUT2D eigenvalue weighted by molar-refractivity contribution is 7.26. The van der Waals surface area contributed by atoms with Gasteiger partial charge in [-0.1, -0.05) is 158 Å². The van der Waals surface area contributed by atoms with Crippen LogP contribution in [0.5, 0.6) is 0 Å². The summed E-state index contributed by atoms with van der Waals surface area (Å²) in [6, 6.07) is 78.3. The lowest BCUT2D eigenvalue weighted by Gasteiger charge is -2.28. The molecule has 0 bridgehead atoms. The van der Waals surface area contributed by atoms with E-state index in [4.69, 9.17) is 0 Å². The molecule has 59 heavy (non-hydrogen) atoms. The topological polar surface area (TPSA) is 3.24 Å². The molecule has 0 radical (unpaired) electrons. The van der Waals surface area contributed by atoms with Gasteiger partial charge in [-0.2, -0.15) is 0 Å². The minimum absolute atomic E-state index is 1.11. The van der Waals surface area contributed by atoms with E-state index in [0.717, 1.165) is 11.4 Å². The van der Waals surface area contributed by atoms with Crippen molar-refractivity contribution in [3.8, 4) is 33.4 Å². The third kappa shape index (κ3) is 5.66. The third-order valence-electron chi connectivity index (χ3n) is 11.8. The molecule has 0 aliphatic heterocycles. The molecular weight excluding hydrogens is 751 g/mol. The van der Waals surface area contributed by atoms with Gasteiger partial charge in [0, 0.05) is 47.0 Å². The number of nitrogens with zero attached hydrogens (tertiary/aromatic N) is 1. The smallest absolute Gasteiger partial charge is 0.0640 e. The lowest BCUT2D eigenvalue weighted by atomic mass is 9.93. The SMILES string of the molecule is c1ccc(-c2cc(-c3cccc4c3sc3ccccc34)cc(N(c3ccc(-c4cc5ccccc5c5ccccc45)cc3)c3cccc4c3sc3ccccc34)c2)cc1. The molecule has 276 valence electrons. The highest BCUT2D eigenvalue weighted by Gasteiger charge is 2.21. The highest BCUT2D eigenvalue weighted by atomic mass is 32.1.